The molecule has 0 bridgehead atoms. The van der Waals surface area contributed by atoms with Crippen LogP contribution < -0.4 is 5.32 Å². The first kappa shape index (κ1) is 14.4. The molecule has 1 atom stereocenters. The third-order valence-electron chi connectivity index (χ3n) is 3.73. The highest BCUT2D eigenvalue weighted by Crippen LogP contribution is 2.23. The number of anilines is 1. The lowest BCUT2D eigenvalue weighted by Crippen LogP contribution is -2.07. The Kier molecular flexibility index (Phi) is 5.00. The highest BCUT2D eigenvalue weighted by atomic mass is 14.9. The SMILES string of the molecule is C/C=C(\Nc1ccc(-c2ccccc2)cc1)[C@H](C)CC. The van der Waals surface area contributed by atoms with Crippen LogP contribution in [-0.2, 0) is 0 Å². The lowest BCUT2D eigenvalue weighted by molar-refractivity contribution is 0.658. The van der Waals surface area contributed by atoms with Crippen LogP contribution in [0, 0.1) is 5.92 Å². The standard InChI is InChI=1S/C19H23N/c1-4-15(3)19(5-2)20-18-13-11-17(12-14-18)16-9-7-6-8-10-16/h5-15,20H,4H2,1-3H3/b19-5-/t15-/m1/s1. The molecule has 0 unspecified atom stereocenters. The number of allylic oxidation sites excluding steroid dienone is 2. The Balaban J connectivity index is 2.13. The number of nitrogens with one attached hydrogen (secondary N) is 1. The van der Waals surface area contributed by atoms with Gasteiger partial charge in [0.15, 0.2) is 0 Å². The van der Waals surface area contributed by atoms with Crippen molar-refractivity contribution >= 4 is 5.69 Å². The minimum atomic E-state index is 0.564. The van der Waals surface area contributed by atoms with Crippen molar-refractivity contribution in [3.05, 3.63) is 66.4 Å². The summed E-state index contributed by atoms with van der Waals surface area (Å²) in [4.78, 5) is 0. The van der Waals surface area contributed by atoms with Gasteiger partial charge in [-0.3, -0.25) is 0 Å². The smallest absolute Gasteiger partial charge is 0.0382 e. The summed E-state index contributed by atoms with van der Waals surface area (Å²) < 4.78 is 0. The van der Waals surface area contributed by atoms with E-state index < -0.39 is 0 Å². The van der Waals surface area contributed by atoms with Gasteiger partial charge in [-0.25, -0.2) is 0 Å². The van der Waals surface area contributed by atoms with Crippen LogP contribution in [0.15, 0.2) is 66.4 Å². The summed E-state index contributed by atoms with van der Waals surface area (Å²) in [5, 5.41) is 3.52. The van der Waals surface area contributed by atoms with Crippen LogP contribution >= 0.6 is 0 Å². The minimum absolute atomic E-state index is 0.564. The fourth-order valence-electron chi connectivity index (χ4n) is 2.24. The highest BCUT2D eigenvalue weighted by Gasteiger charge is 2.05. The molecule has 0 saturated heterocycles. The molecule has 0 aromatic heterocycles. The highest BCUT2D eigenvalue weighted by molar-refractivity contribution is 5.66. The van der Waals surface area contributed by atoms with Crippen LogP contribution in [0.4, 0.5) is 5.69 Å². The van der Waals surface area contributed by atoms with Gasteiger partial charge in [-0.1, -0.05) is 62.4 Å². The van der Waals surface area contributed by atoms with Gasteiger partial charge in [0.1, 0.15) is 0 Å². The zero-order chi connectivity index (χ0) is 14.4. The van der Waals surface area contributed by atoms with E-state index in [4.69, 9.17) is 0 Å². The molecule has 0 heterocycles. The molecule has 1 nitrogen and oxygen atoms in total. The van der Waals surface area contributed by atoms with E-state index in [2.05, 4.69) is 80.7 Å². The molecule has 2 rings (SSSR count). The predicted octanol–water partition coefficient (Wildman–Crippen LogP) is 5.72. The molecule has 0 aliphatic rings. The second-order valence-electron chi connectivity index (χ2n) is 5.12. The van der Waals surface area contributed by atoms with Crippen LogP contribution in [0.5, 0.6) is 0 Å². The molecular weight excluding hydrogens is 242 g/mol. The van der Waals surface area contributed by atoms with Crippen LogP contribution in [0.25, 0.3) is 11.1 Å². The van der Waals surface area contributed by atoms with Crippen molar-refractivity contribution in [1.82, 2.24) is 0 Å². The lowest BCUT2D eigenvalue weighted by Gasteiger charge is -2.16. The molecule has 0 radical (unpaired) electrons. The Morgan fingerprint density at radius 2 is 1.60 bits per heavy atom. The fourth-order valence-corrected chi connectivity index (χ4v) is 2.24. The molecule has 2 aromatic carbocycles. The second kappa shape index (κ2) is 6.95. The van der Waals surface area contributed by atoms with E-state index in [9.17, 15) is 0 Å². The van der Waals surface area contributed by atoms with Crippen molar-refractivity contribution in [3.8, 4) is 11.1 Å². The van der Waals surface area contributed by atoms with Crippen molar-refractivity contribution in [1.29, 1.82) is 0 Å². The van der Waals surface area contributed by atoms with Gasteiger partial charge in [0.25, 0.3) is 0 Å². The van der Waals surface area contributed by atoms with E-state index in [1.165, 1.54) is 16.8 Å². The third kappa shape index (κ3) is 3.51. The van der Waals surface area contributed by atoms with E-state index >= 15 is 0 Å². The van der Waals surface area contributed by atoms with E-state index in [1.807, 2.05) is 6.07 Å². The normalized spacial score (nSPS) is 13.1. The van der Waals surface area contributed by atoms with E-state index in [0.717, 1.165) is 12.1 Å². The Morgan fingerprint density at radius 3 is 2.15 bits per heavy atom. The summed E-state index contributed by atoms with van der Waals surface area (Å²) in [7, 11) is 0. The number of hydrogen-bond donors (Lipinski definition) is 1. The maximum Gasteiger partial charge on any atom is 0.0382 e. The van der Waals surface area contributed by atoms with Crippen molar-refractivity contribution in [2.45, 2.75) is 27.2 Å². The van der Waals surface area contributed by atoms with Crippen molar-refractivity contribution in [2.75, 3.05) is 5.32 Å². The maximum absolute atomic E-state index is 3.52. The quantitative estimate of drug-likeness (QED) is 0.729. The average molecular weight is 265 g/mol. The zero-order valence-corrected chi connectivity index (χ0v) is 12.6. The Labute approximate surface area is 122 Å². The topological polar surface area (TPSA) is 12.0 Å². The molecule has 20 heavy (non-hydrogen) atoms. The van der Waals surface area contributed by atoms with Crippen LogP contribution in [0.1, 0.15) is 27.2 Å². The first-order valence-electron chi connectivity index (χ1n) is 7.33. The van der Waals surface area contributed by atoms with Gasteiger partial charge in [0.2, 0.25) is 0 Å². The van der Waals surface area contributed by atoms with Crippen molar-refractivity contribution < 1.29 is 0 Å². The van der Waals surface area contributed by atoms with Crippen LogP contribution in [0.2, 0.25) is 0 Å². The third-order valence-corrected chi connectivity index (χ3v) is 3.73. The van der Waals surface area contributed by atoms with E-state index in [-0.39, 0.29) is 0 Å². The average Bonchev–Trinajstić information content (AvgIpc) is 2.53. The molecule has 0 fully saturated rings. The monoisotopic (exact) mass is 265 g/mol. The largest absolute Gasteiger partial charge is 0.359 e. The molecule has 1 heteroatoms. The summed E-state index contributed by atoms with van der Waals surface area (Å²) in [6.07, 6.45) is 3.31. The molecule has 0 spiro atoms. The molecular formula is C19H23N. The fraction of sp³-hybridized carbons (Fsp3) is 0.263. The molecule has 0 aliphatic heterocycles. The molecule has 104 valence electrons. The zero-order valence-electron chi connectivity index (χ0n) is 12.6. The molecule has 0 aliphatic carbocycles. The van der Waals surface area contributed by atoms with Gasteiger partial charge in [0.05, 0.1) is 0 Å². The maximum atomic E-state index is 3.52. The number of hydrogen-bond acceptors (Lipinski definition) is 1. The molecule has 1 N–H and O–H groups in total. The Morgan fingerprint density at radius 1 is 1.00 bits per heavy atom. The molecule has 2 aromatic rings. The summed E-state index contributed by atoms with van der Waals surface area (Å²) in [5.41, 5.74) is 4.95. The lowest BCUT2D eigenvalue weighted by atomic mass is 10.0. The van der Waals surface area contributed by atoms with E-state index in [1.54, 1.807) is 0 Å². The molecule has 0 amide bonds. The number of rotatable bonds is 5. The van der Waals surface area contributed by atoms with Crippen molar-refractivity contribution in [3.63, 3.8) is 0 Å². The van der Waals surface area contributed by atoms with Crippen LogP contribution in [-0.4, -0.2) is 0 Å². The van der Waals surface area contributed by atoms with Gasteiger partial charge >= 0.3 is 0 Å². The number of benzene rings is 2. The second-order valence-corrected chi connectivity index (χ2v) is 5.12. The summed E-state index contributed by atoms with van der Waals surface area (Å²) in [6.45, 7) is 6.56. The summed E-state index contributed by atoms with van der Waals surface area (Å²) in [5.74, 6) is 0.564. The van der Waals surface area contributed by atoms with E-state index in [0.29, 0.717) is 5.92 Å². The van der Waals surface area contributed by atoms with Gasteiger partial charge in [-0.2, -0.15) is 0 Å². The molecule has 0 saturated carbocycles. The first-order chi connectivity index (χ1) is 9.74. The summed E-state index contributed by atoms with van der Waals surface area (Å²) in [6, 6.07) is 19.1. The van der Waals surface area contributed by atoms with Crippen molar-refractivity contribution in [2.24, 2.45) is 5.92 Å². The van der Waals surface area contributed by atoms with Gasteiger partial charge in [0, 0.05) is 11.4 Å². The minimum Gasteiger partial charge on any atom is -0.359 e. The Hall–Kier alpha value is -2.02. The van der Waals surface area contributed by atoms with Gasteiger partial charge in [-0.15, -0.1) is 0 Å². The van der Waals surface area contributed by atoms with Gasteiger partial charge in [-0.05, 0) is 42.5 Å². The summed E-state index contributed by atoms with van der Waals surface area (Å²) >= 11 is 0. The van der Waals surface area contributed by atoms with Gasteiger partial charge < -0.3 is 5.32 Å². The Bertz CT molecular complexity index is 552. The predicted molar refractivity (Wildman–Crippen MR) is 88.7 cm³/mol. The first-order valence-corrected chi connectivity index (χ1v) is 7.33. The van der Waals surface area contributed by atoms with Crippen LogP contribution in [0.3, 0.4) is 0 Å².